The second-order valence-corrected chi connectivity index (χ2v) is 22.7. The number of rotatable bonds is 21. The summed E-state index contributed by atoms with van der Waals surface area (Å²) in [5.74, 6) is 0.129. The van der Waals surface area contributed by atoms with Crippen molar-refractivity contribution in [1.82, 2.24) is 36.0 Å². The van der Waals surface area contributed by atoms with Crippen molar-refractivity contribution in [2.45, 2.75) is 87.4 Å². The van der Waals surface area contributed by atoms with Crippen molar-refractivity contribution in [2.75, 3.05) is 65.4 Å². The van der Waals surface area contributed by atoms with Gasteiger partial charge in [-0.05, 0) is 140 Å². The lowest BCUT2D eigenvalue weighted by Crippen LogP contribution is -2.49. The first-order chi connectivity index (χ1) is 40.7. The van der Waals surface area contributed by atoms with Crippen LogP contribution in [0.2, 0.25) is 5.02 Å². The van der Waals surface area contributed by atoms with Gasteiger partial charge in [-0.25, -0.2) is 0 Å². The van der Waals surface area contributed by atoms with Crippen LogP contribution in [0.5, 0.6) is 0 Å². The second-order valence-electron chi connectivity index (χ2n) is 22.2. The summed E-state index contributed by atoms with van der Waals surface area (Å²) in [6.45, 7) is 7.13. The van der Waals surface area contributed by atoms with Crippen LogP contribution < -0.4 is 27.0 Å². The van der Waals surface area contributed by atoms with Gasteiger partial charge >= 0.3 is 0 Å². The zero-order valence-electron chi connectivity index (χ0n) is 47.7. The van der Waals surface area contributed by atoms with Gasteiger partial charge in [-0.15, -0.1) is 0 Å². The SMILES string of the molecule is NCC[C@@H]1N[C@H](CNC(=O)c2ccc3ccccc3c2)CCN(CC(c2ccccc2)c2ccccc2)C1=O.O=C(/C=C/c1ccc(Cl)cc1)NC[C@@H]1CCN(CC(c2ccccc2)c2ccccc2)C(=O)[C@H](CCCN2CCCCC2)N1. The van der Waals surface area contributed by atoms with Gasteiger partial charge in [0.1, 0.15) is 0 Å². The van der Waals surface area contributed by atoms with Gasteiger partial charge in [-0.1, -0.05) is 182 Å². The van der Waals surface area contributed by atoms with Crippen LogP contribution in [0.4, 0.5) is 0 Å². The van der Waals surface area contributed by atoms with Crippen molar-refractivity contribution >= 4 is 52.1 Å². The van der Waals surface area contributed by atoms with Crippen molar-refractivity contribution in [3.05, 3.63) is 233 Å². The van der Waals surface area contributed by atoms with E-state index >= 15 is 0 Å². The number of nitrogens with two attached hydrogens (primary N) is 1. The third-order valence-corrected chi connectivity index (χ3v) is 16.7. The average Bonchev–Trinajstić information content (AvgIpc) is 3.80. The Bertz CT molecular complexity index is 3080. The fourth-order valence-corrected chi connectivity index (χ4v) is 11.9. The number of likely N-dealkylation sites (tertiary alicyclic amines) is 1. The van der Waals surface area contributed by atoms with Gasteiger partial charge in [0, 0.05) is 79.9 Å². The molecule has 7 aromatic carbocycles. The highest BCUT2D eigenvalue weighted by Crippen LogP contribution is 2.29. The molecule has 432 valence electrons. The normalized spacial score (nSPS) is 18.8. The number of nitrogens with one attached hydrogen (secondary N) is 4. The highest BCUT2D eigenvalue weighted by Gasteiger charge is 2.34. The van der Waals surface area contributed by atoms with Crippen LogP contribution in [0, 0.1) is 0 Å². The molecule has 0 aliphatic carbocycles. The van der Waals surface area contributed by atoms with Gasteiger partial charge in [-0.3, -0.25) is 19.2 Å². The van der Waals surface area contributed by atoms with E-state index in [0.717, 1.165) is 61.7 Å². The fourth-order valence-electron chi connectivity index (χ4n) is 11.8. The van der Waals surface area contributed by atoms with E-state index in [2.05, 4.69) is 104 Å². The first kappa shape index (κ1) is 60.2. The molecule has 3 aliphatic heterocycles. The van der Waals surface area contributed by atoms with Gasteiger partial charge in [-0.2, -0.15) is 0 Å². The van der Waals surface area contributed by atoms with E-state index in [9.17, 15) is 19.2 Å². The number of piperidine rings is 1. The quantitative estimate of drug-likeness (QED) is 0.0446. The van der Waals surface area contributed by atoms with Gasteiger partial charge in [0.15, 0.2) is 0 Å². The average molecular weight is 1130 g/mol. The molecule has 0 radical (unpaired) electrons. The van der Waals surface area contributed by atoms with Crippen molar-refractivity contribution in [3.63, 3.8) is 0 Å². The zero-order valence-corrected chi connectivity index (χ0v) is 48.4. The third-order valence-electron chi connectivity index (χ3n) is 16.4. The minimum Gasteiger partial charge on any atom is -0.351 e. The second kappa shape index (κ2) is 31.3. The molecule has 7 aromatic rings. The molecule has 6 N–H and O–H groups in total. The number of amides is 4. The molecule has 0 aromatic heterocycles. The number of hydrogen-bond acceptors (Lipinski definition) is 8. The van der Waals surface area contributed by atoms with Gasteiger partial charge < -0.3 is 41.7 Å². The van der Waals surface area contributed by atoms with E-state index in [4.69, 9.17) is 17.3 Å². The molecule has 10 rings (SSSR count). The molecule has 0 bridgehead atoms. The summed E-state index contributed by atoms with van der Waals surface area (Å²) < 4.78 is 0. The molecule has 4 amide bonds. The molecule has 4 atom stereocenters. The van der Waals surface area contributed by atoms with E-state index < -0.39 is 0 Å². The molecule has 83 heavy (non-hydrogen) atoms. The number of nitrogens with zero attached hydrogens (tertiary/aromatic N) is 3. The Morgan fingerprint density at radius 3 is 1.57 bits per heavy atom. The highest BCUT2D eigenvalue weighted by molar-refractivity contribution is 6.30. The summed E-state index contributed by atoms with van der Waals surface area (Å²) >= 11 is 5.98. The van der Waals surface area contributed by atoms with Crippen LogP contribution in [0.15, 0.2) is 194 Å². The standard InChI is InChI=1S/C37H45ClN4O2.C33H36N4O2/c38-32-19-16-29(17-20-32)18-21-36(43)39-27-33-22-26-42(37(44)35(40-33)15-10-25-41-23-8-3-9-24-41)28-34(30-11-4-1-5-12-30)31-13-6-2-7-14-31;34-19-17-31-33(39)37(23-30(25-10-3-1-4-11-25)26-12-5-2-6-13-26)20-18-29(36-31)22-35-32(38)28-16-15-24-9-7-8-14-27(24)21-28/h1-2,4-7,11-14,16-21,33-35,40H,3,8-10,15,22-28H2,(H,39,43);1-16,21,29-31,36H,17-20,22-23,34H2,(H,35,38)/b21-18+;/t33-,35-;29-,31-/m00/s1. The lowest BCUT2D eigenvalue weighted by atomic mass is 9.90. The van der Waals surface area contributed by atoms with Crippen molar-refractivity contribution in [2.24, 2.45) is 5.73 Å². The molecule has 3 saturated heterocycles. The van der Waals surface area contributed by atoms with Gasteiger partial charge in [0.25, 0.3) is 5.91 Å². The Labute approximate surface area is 495 Å². The maximum absolute atomic E-state index is 14.1. The number of benzene rings is 7. The minimum atomic E-state index is -0.382. The van der Waals surface area contributed by atoms with Crippen molar-refractivity contribution < 1.29 is 19.2 Å². The molecule has 0 unspecified atom stereocenters. The van der Waals surface area contributed by atoms with Crippen LogP contribution >= 0.6 is 11.6 Å². The number of carbonyl (C=O) groups is 4. The largest absolute Gasteiger partial charge is 0.351 e. The number of fused-ring (bicyclic) bond motifs is 1. The van der Waals surface area contributed by atoms with Crippen LogP contribution in [-0.4, -0.2) is 128 Å². The Morgan fingerprint density at radius 1 is 0.566 bits per heavy atom. The lowest BCUT2D eigenvalue weighted by Gasteiger charge is -2.30. The Balaban J connectivity index is 0.000000201. The maximum Gasteiger partial charge on any atom is 0.251 e. The monoisotopic (exact) mass is 1130 g/mol. The van der Waals surface area contributed by atoms with E-state index in [0.29, 0.717) is 62.8 Å². The molecule has 3 heterocycles. The number of halogens is 1. The number of hydrogen-bond donors (Lipinski definition) is 5. The van der Waals surface area contributed by atoms with Crippen LogP contribution in [0.25, 0.3) is 16.8 Å². The first-order valence-corrected chi connectivity index (χ1v) is 30.3. The first-order valence-electron chi connectivity index (χ1n) is 29.9. The maximum atomic E-state index is 14.1. The molecule has 0 spiro atoms. The molecular weight excluding hydrogens is 1050 g/mol. The van der Waals surface area contributed by atoms with Gasteiger partial charge in [0.05, 0.1) is 12.1 Å². The summed E-state index contributed by atoms with van der Waals surface area (Å²) in [5, 5.41) is 16.1. The summed E-state index contributed by atoms with van der Waals surface area (Å²) in [4.78, 5) is 60.1. The third kappa shape index (κ3) is 17.8. The Kier molecular flexibility index (Phi) is 22.7. The lowest BCUT2D eigenvalue weighted by molar-refractivity contribution is -0.133. The Hall–Kier alpha value is -7.45. The van der Waals surface area contributed by atoms with E-state index in [1.165, 1.54) is 41.5 Å². The molecule has 3 fully saturated rings. The highest BCUT2D eigenvalue weighted by atomic mass is 35.5. The predicted molar refractivity (Wildman–Crippen MR) is 336 cm³/mol. The van der Waals surface area contributed by atoms with Crippen molar-refractivity contribution in [3.8, 4) is 0 Å². The molecule has 12 nitrogen and oxygen atoms in total. The number of carbonyl (C=O) groups excluding carboxylic acids is 4. The smallest absolute Gasteiger partial charge is 0.251 e. The van der Waals surface area contributed by atoms with E-state index in [-0.39, 0.29) is 59.6 Å². The topological polar surface area (TPSA) is 152 Å². The summed E-state index contributed by atoms with van der Waals surface area (Å²) in [7, 11) is 0. The van der Waals surface area contributed by atoms with E-state index in [1.54, 1.807) is 12.2 Å². The fraction of sp³-hybridized carbons (Fsp3) is 0.343. The summed E-state index contributed by atoms with van der Waals surface area (Å²) in [6, 6.07) is 62.1. The van der Waals surface area contributed by atoms with Crippen LogP contribution in [0.3, 0.4) is 0 Å². The Morgan fingerprint density at radius 2 is 1.05 bits per heavy atom. The molecular formula is C70H81ClN8O4. The summed E-state index contributed by atoms with van der Waals surface area (Å²) in [6.07, 6.45) is 11.0. The molecule has 13 heteroatoms. The predicted octanol–water partition coefficient (Wildman–Crippen LogP) is 10.4. The van der Waals surface area contributed by atoms with Crippen LogP contribution in [-0.2, 0) is 14.4 Å². The van der Waals surface area contributed by atoms with E-state index in [1.807, 2.05) is 120 Å². The van der Waals surface area contributed by atoms with Crippen molar-refractivity contribution in [1.29, 1.82) is 0 Å². The summed E-state index contributed by atoms with van der Waals surface area (Å²) in [5.41, 5.74) is 12.2. The minimum absolute atomic E-state index is 0.00344. The van der Waals surface area contributed by atoms with Gasteiger partial charge in [0.2, 0.25) is 17.7 Å². The zero-order chi connectivity index (χ0) is 57.6. The molecule has 3 aliphatic rings. The van der Waals surface area contributed by atoms with Crippen LogP contribution in [0.1, 0.15) is 101 Å². The molecule has 0 saturated carbocycles.